The number of rotatable bonds is 11. The molecule has 1 aliphatic rings. The highest BCUT2D eigenvalue weighted by Gasteiger charge is 2.39. The van der Waals surface area contributed by atoms with E-state index in [-0.39, 0.29) is 18.2 Å². The molecule has 1 saturated heterocycles. The first-order valence-electron chi connectivity index (χ1n) is 13.5. The Hall–Kier alpha value is -4.64. The zero-order chi connectivity index (χ0) is 29.5. The van der Waals surface area contributed by atoms with Crippen molar-refractivity contribution in [2.75, 3.05) is 26.1 Å². The number of aryl methyl sites for hydroxylation is 1. The molecule has 0 aliphatic carbocycles. The maximum atomic E-state index is 13.7. The summed E-state index contributed by atoms with van der Waals surface area (Å²) in [6.45, 7) is 2.70. The Morgan fingerprint density at radius 2 is 1.83 bits per heavy atom. The van der Waals surface area contributed by atoms with Crippen LogP contribution in [0.2, 0.25) is 0 Å². The van der Waals surface area contributed by atoms with Crippen molar-refractivity contribution < 1.29 is 19.1 Å². The zero-order valence-electron chi connectivity index (χ0n) is 23.7. The fraction of sp³-hybridized carbons (Fsp3) is 0.258. The van der Waals surface area contributed by atoms with Crippen LogP contribution in [-0.4, -0.2) is 62.7 Å². The van der Waals surface area contributed by atoms with Gasteiger partial charge in [0.05, 0.1) is 32.1 Å². The van der Waals surface area contributed by atoms with E-state index in [1.54, 1.807) is 36.4 Å². The van der Waals surface area contributed by atoms with Crippen LogP contribution < -0.4 is 14.8 Å². The molecule has 11 heteroatoms. The van der Waals surface area contributed by atoms with Gasteiger partial charge in [0.15, 0.2) is 16.7 Å². The van der Waals surface area contributed by atoms with Gasteiger partial charge in [-0.25, -0.2) is 4.68 Å². The number of ether oxygens (including phenoxy) is 2. The quantitative estimate of drug-likeness (QED) is 0.273. The van der Waals surface area contributed by atoms with E-state index in [2.05, 4.69) is 15.4 Å². The number of carbonyl (C=O) groups excluding carboxylic acids is 2. The topological polar surface area (TPSA) is 111 Å². The van der Waals surface area contributed by atoms with Crippen LogP contribution in [0.25, 0.3) is 5.69 Å². The van der Waals surface area contributed by atoms with E-state index < -0.39 is 5.25 Å². The van der Waals surface area contributed by atoms with E-state index in [9.17, 15) is 9.59 Å². The molecule has 0 bridgehead atoms. The van der Waals surface area contributed by atoms with Crippen LogP contribution in [0.15, 0.2) is 84.1 Å². The summed E-state index contributed by atoms with van der Waals surface area (Å²) >= 11 is 1.32. The van der Waals surface area contributed by atoms with Gasteiger partial charge in [-0.2, -0.15) is 5.10 Å². The van der Waals surface area contributed by atoms with E-state index in [1.165, 1.54) is 18.9 Å². The molecule has 1 fully saturated rings. The minimum Gasteiger partial charge on any atom is -0.493 e. The van der Waals surface area contributed by atoms with Crippen LogP contribution in [0.5, 0.6) is 11.5 Å². The summed E-state index contributed by atoms with van der Waals surface area (Å²) in [7, 11) is 3.08. The van der Waals surface area contributed by atoms with Gasteiger partial charge in [0.1, 0.15) is 5.25 Å². The van der Waals surface area contributed by atoms with Crippen molar-refractivity contribution in [1.29, 1.82) is 0 Å². The number of benzene rings is 2. The Kier molecular flexibility index (Phi) is 9.18. The normalized spacial score (nSPS) is 15.7. The number of aromatic nitrogens is 3. The van der Waals surface area contributed by atoms with Gasteiger partial charge in [-0.05, 0) is 43.3 Å². The minimum atomic E-state index is -0.608. The number of anilines is 1. The van der Waals surface area contributed by atoms with Gasteiger partial charge in [0, 0.05) is 54.8 Å². The lowest BCUT2D eigenvalue weighted by Crippen LogP contribution is -2.33. The lowest BCUT2D eigenvalue weighted by Gasteiger charge is -2.16. The second-order valence-electron chi connectivity index (χ2n) is 9.61. The predicted octanol–water partition coefficient (Wildman–Crippen LogP) is 4.66. The van der Waals surface area contributed by atoms with Gasteiger partial charge in [0.25, 0.3) is 0 Å². The molecule has 2 aromatic heterocycles. The SMILES string of the molecule is COc1ccc(NC(=O)CC2SC(=NCCc3ccccn3)N(Cc3cn(-c4ccccc4)nc3C)C2=O)cc1OC. The van der Waals surface area contributed by atoms with Gasteiger partial charge < -0.3 is 14.8 Å². The Morgan fingerprint density at radius 3 is 2.57 bits per heavy atom. The number of nitrogens with one attached hydrogen (secondary N) is 1. The first kappa shape index (κ1) is 28.9. The number of amides is 2. The molecule has 4 aromatic rings. The lowest BCUT2D eigenvalue weighted by molar-refractivity contribution is -0.128. The van der Waals surface area contributed by atoms with E-state index >= 15 is 0 Å². The second kappa shape index (κ2) is 13.3. The smallest absolute Gasteiger partial charge is 0.242 e. The first-order chi connectivity index (χ1) is 20.4. The van der Waals surface area contributed by atoms with E-state index in [1.807, 2.05) is 66.3 Å². The molecule has 1 atom stereocenters. The number of aliphatic imine (C=N–C) groups is 1. The van der Waals surface area contributed by atoms with Crippen molar-refractivity contribution in [3.05, 3.63) is 96.1 Å². The number of methoxy groups -OCH3 is 2. The molecule has 5 rings (SSSR count). The molecule has 0 spiro atoms. The molecule has 42 heavy (non-hydrogen) atoms. The number of thioether (sulfide) groups is 1. The minimum absolute atomic E-state index is 0.00410. The third-order valence-electron chi connectivity index (χ3n) is 6.75. The summed E-state index contributed by atoms with van der Waals surface area (Å²) < 4.78 is 12.4. The Labute approximate surface area is 248 Å². The Bertz CT molecular complexity index is 1580. The highest BCUT2D eigenvalue weighted by Crippen LogP contribution is 2.33. The molecule has 0 radical (unpaired) electrons. The standard InChI is InChI=1S/C31H32N6O4S/c1-21-22(20-37(35-21)25-10-5-4-6-11-25)19-36-30(39)28(42-31(36)33-16-14-23-9-7-8-15-32-23)18-29(38)34-24-12-13-26(40-2)27(17-24)41-3/h4-13,15,17,20,28H,14,16,18-19H2,1-3H3,(H,34,38). The fourth-order valence-electron chi connectivity index (χ4n) is 4.55. The molecule has 216 valence electrons. The van der Waals surface area contributed by atoms with Crippen molar-refractivity contribution in [2.45, 2.75) is 31.6 Å². The molecule has 3 heterocycles. The number of amidine groups is 1. The third kappa shape index (κ3) is 6.80. The van der Waals surface area contributed by atoms with Crippen LogP contribution in [0.3, 0.4) is 0 Å². The number of carbonyl (C=O) groups is 2. The molecular weight excluding hydrogens is 552 g/mol. The van der Waals surface area contributed by atoms with Crippen molar-refractivity contribution >= 4 is 34.4 Å². The number of pyridine rings is 1. The van der Waals surface area contributed by atoms with E-state index in [0.717, 1.165) is 22.6 Å². The number of para-hydroxylation sites is 1. The highest BCUT2D eigenvalue weighted by atomic mass is 32.2. The maximum Gasteiger partial charge on any atom is 0.242 e. The number of hydrogen-bond donors (Lipinski definition) is 1. The number of hydrogen-bond acceptors (Lipinski definition) is 8. The van der Waals surface area contributed by atoms with Gasteiger partial charge in [-0.1, -0.05) is 36.0 Å². The summed E-state index contributed by atoms with van der Waals surface area (Å²) in [5.41, 5.74) is 4.13. The lowest BCUT2D eigenvalue weighted by atomic mass is 10.2. The van der Waals surface area contributed by atoms with Crippen molar-refractivity contribution in [2.24, 2.45) is 4.99 Å². The molecule has 1 aliphatic heterocycles. The average Bonchev–Trinajstić information content (AvgIpc) is 3.52. The maximum absolute atomic E-state index is 13.7. The second-order valence-corrected chi connectivity index (χ2v) is 10.8. The largest absolute Gasteiger partial charge is 0.493 e. The zero-order valence-corrected chi connectivity index (χ0v) is 24.5. The summed E-state index contributed by atoms with van der Waals surface area (Å²) in [6.07, 6.45) is 4.33. The Morgan fingerprint density at radius 1 is 1.05 bits per heavy atom. The van der Waals surface area contributed by atoms with Gasteiger partial charge in [0.2, 0.25) is 11.8 Å². The molecule has 2 aromatic carbocycles. The van der Waals surface area contributed by atoms with Crippen LogP contribution in [0.4, 0.5) is 5.69 Å². The van der Waals surface area contributed by atoms with E-state index in [0.29, 0.717) is 41.9 Å². The van der Waals surface area contributed by atoms with Crippen LogP contribution >= 0.6 is 11.8 Å². The van der Waals surface area contributed by atoms with Gasteiger partial charge in [-0.15, -0.1) is 0 Å². The monoisotopic (exact) mass is 584 g/mol. The van der Waals surface area contributed by atoms with Crippen molar-refractivity contribution in [3.63, 3.8) is 0 Å². The van der Waals surface area contributed by atoms with E-state index in [4.69, 9.17) is 14.5 Å². The highest BCUT2D eigenvalue weighted by molar-refractivity contribution is 8.15. The number of nitrogens with zero attached hydrogens (tertiary/aromatic N) is 5. The molecule has 1 N–H and O–H groups in total. The molecule has 2 amide bonds. The molecular formula is C31H32N6O4S. The molecule has 1 unspecified atom stereocenters. The summed E-state index contributed by atoms with van der Waals surface area (Å²) in [5.74, 6) is 0.619. The summed E-state index contributed by atoms with van der Waals surface area (Å²) in [5, 5.41) is 7.51. The van der Waals surface area contributed by atoms with Crippen LogP contribution in [-0.2, 0) is 22.6 Å². The third-order valence-corrected chi connectivity index (χ3v) is 7.96. The van der Waals surface area contributed by atoms with Gasteiger partial charge >= 0.3 is 0 Å². The van der Waals surface area contributed by atoms with Crippen LogP contribution in [0, 0.1) is 6.92 Å². The predicted molar refractivity (Wildman–Crippen MR) is 163 cm³/mol. The summed E-state index contributed by atoms with van der Waals surface area (Å²) in [4.78, 5) is 37.5. The molecule has 10 nitrogen and oxygen atoms in total. The Balaban J connectivity index is 1.33. The fourth-order valence-corrected chi connectivity index (χ4v) is 5.71. The average molecular weight is 585 g/mol. The summed E-state index contributed by atoms with van der Waals surface area (Å²) in [6, 6.07) is 20.7. The molecule has 0 saturated carbocycles. The first-order valence-corrected chi connectivity index (χ1v) is 14.4. The van der Waals surface area contributed by atoms with Gasteiger partial charge in [-0.3, -0.25) is 24.5 Å². The van der Waals surface area contributed by atoms with Crippen molar-refractivity contribution in [1.82, 2.24) is 19.7 Å². The van der Waals surface area contributed by atoms with Crippen molar-refractivity contribution in [3.8, 4) is 17.2 Å². The van der Waals surface area contributed by atoms with Crippen LogP contribution in [0.1, 0.15) is 23.4 Å².